The van der Waals surface area contributed by atoms with Gasteiger partial charge in [-0.15, -0.1) is 0 Å². The summed E-state index contributed by atoms with van der Waals surface area (Å²) in [6.45, 7) is 0.729. The summed E-state index contributed by atoms with van der Waals surface area (Å²) >= 11 is 13.6. The second-order valence-corrected chi connectivity index (χ2v) is 6.34. The molecule has 0 spiro atoms. The van der Waals surface area contributed by atoms with Crippen LogP contribution >= 0.6 is 35.0 Å². The van der Waals surface area contributed by atoms with Crippen LogP contribution in [0.15, 0.2) is 18.2 Å². The number of carbonyl (C=O) groups is 1. The van der Waals surface area contributed by atoms with E-state index in [0.717, 1.165) is 17.9 Å². The summed E-state index contributed by atoms with van der Waals surface area (Å²) < 4.78 is 0. The van der Waals surface area contributed by atoms with Crippen LogP contribution < -0.4 is 5.32 Å². The maximum atomic E-state index is 10.8. The van der Waals surface area contributed by atoms with Crippen LogP contribution in [0.5, 0.6) is 0 Å². The van der Waals surface area contributed by atoms with E-state index in [0.29, 0.717) is 21.7 Å². The maximum absolute atomic E-state index is 10.8. The van der Waals surface area contributed by atoms with E-state index in [-0.39, 0.29) is 0 Å². The summed E-state index contributed by atoms with van der Waals surface area (Å²) in [7, 11) is 0. The molecular formula is C12H13Cl2NO2S. The van der Waals surface area contributed by atoms with E-state index < -0.39 is 12.0 Å². The van der Waals surface area contributed by atoms with Gasteiger partial charge in [0.05, 0.1) is 0 Å². The van der Waals surface area contributed by atoms with E-state index in [1.807, 2.05) is 12.1 Å². The number of carboxylic acid groups (broad SMARTS) is 1. The Bertz CT molecular complexity index is 456. The third-order valence-corrected chi connectivity index (χ3v) is 4.77. The van der Waals surface area contributed by atoms with Gasteiger partial charge >= 0.3 is 5.97 Å². The molecule has 0 aliphatic carbocycles. The van der Waals surface area contributed by atoms with Crippen LogP contribution in [0, 0.1) is 0 Å². The minimum absolute atomic E-state index is 0.317. The highest BCUT2D eigenvalue weighted by molar-refractivity contribution is 7.99. The second-order valence-electron chi connectivity index (χ2n) is 4.20. The quantitative estimate of drug-likeness (QED) is 0.897. The zero-order chi connectivity index (χ0) is 13.1. The van der Waals surface area contributed by atoms with Crippen LogP contribution in [-0.2, 0) is 10.5 Å². The average Bonchev–Trinajstić information content (AvgIpc) is 2.76. The van der Waals surface area contributed by atoms with E-state index in [1.165, 1.54) is 0 Å². The molecule has 3 nitrogen and oxygen atoms in total. The molecule has 18 heavy (non-hydrogen) atoms. The molecule has 2 unspecified atom stereocenters. The van der Waals surface area contributed by atoms with Gasteiger partial charge in [0.25, 0.3) is 0 Å². The van der Waals surface area contributed by atoms with Gasteiger partial charge in [-0.1, -0.05) is 29.3 Å². The van der Waals surface area contributed by atoms with Crippen LogP contribution in [0.25, 0.3) is 0 Å². The molecule has 1 heterocycles. The van der Waals surface area contributed by atoms with Crippen molar-refractivity contribution in [3.63, 3.8) is 0 Å². The molecule has 1 aliphatic heterocycles. The maximum Gasteiger partial charge on any atom is 0.320 e. The number of hydrogen-bond acceptors (Lipinski definition) is 3. The van der Waals surface area contributed by atoms with Gasteiger partial charge < -0.3 is 10.4 Å². The Kier molecular flexibility index (Phi) is 4.78. The molecule has 0 radical (unpaired) electrons. The van der Waals surface area contributed by atoms with Crippen LogP contribution in [0.4, 0.5) is 0 Å². The monoisotopic (exact) mass is 305 g/mol. The lowest BCUT2D eigenvalue weighted by molar-refractivity contribution is -0.139. The lowest BCUT2D eigenvalue weighted by Crippen LogP contribution is -2.29. The molecule has 6 heteroatoms. The number of nitrogens with one attached hydrogen (secondary N) is 1. The molecule has 0 aromatic heterocycles. The fraction of sp³-hybridized carbons (Fsp3) is 0.417. The van der Waals surface area contributed by atoms with Gasteiger partial charge in [-0.3, -0.25) is 4.79 Å². The first-order chi connectivity index (χ1) is 8.56. The molecule has 1 saturated heterocycles. The lowest BCUT2D eigenvalue weighted by Gasteiger charge is -2.09. The van der Waals surface area contributed by atoms with Crippen molar-refractivity contribution in [1.82, 2.24) is 5.32 Å². The van der Waals surface area contributed by atoms with Crippen molar-refractivity contribution < 1.29 is 9.90 Å². The molecule has 1 fully saturated rings. The zero-order valence-electron chi connectivity index (χ0n) is 9.53. The molecule has 98 valence electrons. The van der Waals surface area contributed by atoms with Crippen molar-refractivity contribution in [2.45, 2.75) is 23.5 Å². The van der Waals surface area contributed by atoms with Gasteiger partial charge in [0, 0.05) is 27.6 Å². The van der Waals surface area contributed by atoms with Crippen LogP contribution in [-0.4, -0.2) is 28.9 Å². The predicted octanol–water partition coefficient (Wildman–Crippen LogP) is 3.04. The summed E-state index contributed by atoms with van der Waals surface area (Å²) in [5.41, 5.74) is 1.03. The first kappa shape index (κ1) is 14.0. The minimum Gasteiger partial charge on any atom is -0.480 e. The van der Waals surface area contributed by atoms with Gasteiger partial charge in [-0.25, -0.2) is 0 Å². The lowest BCUT2D eigenvalue weighted by atomic mass is 10.2. The Balaban J connectivity index is 1.87. The Morgan fingerprint density at radius 2 is 2.28 bits per heavy atom. The highest BCUT2D eigenvalue weighted by Crippen LogP contribution is 2.29. The SMILES string of the molecule is O=C(O)C1CC(SCc2ccc(Cl)cc2Cl)CN1. The topological polar surface area (TPSA) is 49.3 Å². The minimum atomic E-state index is -0.775. The van der Waals surface area contributed by atoms with E-state index in [4.69, 9.17) is 28.3 Å². The van der Waals surface area contributed by atoms with Gasteiger partial charge in [-0.05, 0) is 24.1 Å². The standard InChI is InChI=1S/C12H13Cl2NO2S/c13-8-2-1-7(10(14)3-8)6-18-9-4-11(12(16)17)15-5-9/h1-3,9,11,15H,4-6H2,(H,16,17). The summed E-state index contributed by atoms with van der Waals surface area (Å²) in [5.74, 6) is -0.00284. The van der Waals surface area contributed by atoms with E-state index in [2.05, 4.69) is 5.32 Å². The molecule has 2 rings (SSSR count). The van der Waals surface area contributed by atoms with Gasteiger partial charge in [0.2, 0.25) is 0 Å². The Labute approximate surface area is 120 Å². The molecule has 0 saturated carbocycles. The third kappa shape index (κ3) is 3.54. The van der Waals surface area contributed by atoms with Crippen molar-refractivity contribution in [3.8, 4) is 0 Å². The Morgan fingerprint density at radius 1 is 1.50 bits per heavy atom. The third-order valence-electron chi connectivity index (χ3n) is 2.88. The largest absolute Gasteiger partial charge is 0.480 e. The van der Waals surface area contributed by atoms with E-state index >= 15 is 0 Å². The van der Waals surface area contributed by atoms with Crippen LogP contribution in [0.3, 0.4) is 0 Å². The van der Waals surface area contributed by atoms with Crippen molar-refractivity contribution >= 4 is 40.9 Å². The summed E-state index contributed by atoms with van der Waals surface area (Å²) in [6, 6.07) is 5.04. The van der Waals surface area contributed by atoms with E-state index in [1.54, 1.807) is 17.8 Å². The van der Waals surface area contributed by atoms with Crippen molar-refractivity contribution in [3.05, 3.63) is 33.8 Å². The second kappa shape index (κ2) is 6.15. The number of benzene rings is 1. The summed E-state index contributed by atoms with van der Waals surface area (Å²) in [6.07, 6.45) is 0.658. The molecule has 2 atom stereocenters. The summed E-state index contributed by atoms with van der Waals surface area (Å²) in [4.78, 5) is 10.8. The number of halogens is 2. The van der Waals surface area contributed by atoms with Crippen LogP contribution in [0.2, 0.25) is 10.0 Å². The molecular weight excluding hydrogens is 293 g/mol. The van der Waals surface area contributed by atoms with Crippen molar-refractivity contribution in [2.75, 3.05) is 6.54 Å². The Morgan fingerprint density at radius 3 is 2.89 bits per heavy atom. The highest BCUT2D eigenvalue weighted by atomic mass is 35.5. The van der Waals surface area contributed by atoms with Crippen LogP contribution in [0.1, 0.15) is 12.0 Å². The molecule has 0 amide bonds. The fourth-order valence-electron chi connectivity index (χ4n) is 1.86. The average molecular weight is 306 g/mol. The highest BCUT2D eigenvalue weighted by Gasteiger charge is 2.29. The molecule has 1 aromatic carbocycles. The van der Waals surface area contributed by atoms with E-state index in [9.17, 15) is 4.79 Å². The van der Waals surface area contributed by atoms with Gasteiger partial charge in [0.15, 0.2) is 0 Å². The normalized spacial score (nSPS) is 23.2. The smallest absolute Gasteiger partial charge is 0.320 e. The number of hydrogen-bond donors (Lipinski definition) is 2. The zero-order valence-corrected chi connectivity index (χ0v) is 11.9. The first-order valence-corrected chi connectivity index (χ1v) is 7.38. The van der Waals surface area contributed by atoms with Crippen molar-refractivity contribution in [1.29, 1.82) is 0 Å². The molecule has 0 bridgehead atoms. The summed E-state index contributed by atoms with van der Waals surface area (Å²) in [5, 5.41) is 13.5. The Hall–Kier alpha value is -0.420. The first-order valence-electron chi connectivity index (χ1n) is 5.58. The molecule has 1 aromatic rings. The number of aliphatic carboxylic acids is 1. The van der Waals surface area contributed by atoms with Gasteiger partial charge in [0.1, 0.15) is 6.04 Å². The molecule has 1 aliphatic rings. The van der Waals surface area contributed by atoms with Gasteiger partial charge in [-0.2, -0.15) is 11.8 Å². The van der Waals surface area contributed by atoms with Crippen molar-refractivity contribution in [2.24, 2.45) is 0 Å². The number of rotatable bonds is 4. The predicted molar refractivity (Wildman–Crippen MR) is 75.6 cm³/mol. The fourth-order valence-corrected chi connectivity index (χ4v) is 3.63. The number of carboxylic acids is 1. The molecule has 2 N–H and O–H groups in total. The number of thioether (sulfide) groups is 1.